The van der Waals surface area contributed by atoms with E-state index in [1.165, 1.54) is 12.1 Å². The maximum atomic E-state index is 10.8. The van der Waals surface area contributed by atoms with E-state index in [-0.39, 0.29) is 4.90 Å². The quantitative estimate of drug-likeness (QED) is 0.437. The van der Waals surface area contributed by atoms with Crippen molar-refractivity contribution in [3.8, 4) is 5.75 Å². The van der Waals surface area contributed by atoms with Gasteiger partial charge < -0.3 is 4.74 Å². The fourth-order valence-corrected chi connectivity index (χ4v) is 3.49. The normalized spacial score (nSPS) is 10.8. The molecule has 1 aromatic carbocycles. The summed E-state index contributed by atoms with van der Waals surface area (Å²) in [6, 6.07) is 3.06. The molecule has 0 atom stereocenters. The van der Waals surface area contributed by atoms with Crippen LogP contribution in [0.15, 0.2) is 26.0 Å². The standard InChI is InChI=1S/C9H9Br3O3S/c10-2-1-3-15-9-7(11)4-6(16(13)14)5-8(9)12/h4-5,16H,1-3H2. The fraction of sp³-hybridized carbons (Fsp3) is 0.333. The van der Waals surface area contributed by atoms with Crippen molar-refractivity contribution in [1.29, 1.82) is 0 Å². The predicted octanol–water partition coefficient (Wildman–Crippen LogP) is 3.35. The summed E-state index contributed by atoms with van der Waals surface area (Å²) in [6.45, 7) is 0.575. The predicted molar refractivity (Wildman–Crippen MR) is 74.3 cm³/mol. The zero-order valence-corrected chi connectivity index (χ0v) is 13.7. The van der Waals surface area contributed by atoms with Gasteiger partial charge in [0.25, 0.3) is 0 Å². The van der Waals surface area contributed by atoms with Gasteiger partial charge in [0.05, 0.1) is 20.4 Å². The van der Waals surface area contributed by atoms with Gasteiger partial charge in [-0.2, -0.15) is 0 Å². The number of alkyl halides is 1. The molecule has 90 valence electrons. The van der Waals surface area contributed by atoms with Crippen LogP contribution in [0.25, 0.3) is 0 Å². The van der Waals surface area contributed by atoms with E-state index in [0.717, 1.165) is 11.8 Å². The molecule has 0 unspecified atom stereocenters. The van der Waals surface area contributed by atoms with Crippen LogP contribution in [-0.2, 0) is 10.7 Å². The first-order chi connectivity index (χ1) is 7.56. The molecule has 0 spiro atoms. The first kappa shape index (κ1) is 14.5. The second-order valence-electron chi connectivity index (χ2n) is 2.89. The molecule has 0 amide bonds. The highest BCUT2D eigenvalue weighted by atomic mass is 79.9. The summed E-state index contributed by atoms with van der Waals surface area (Å²) in [4.78, 5) is 0.251. The van der Waals surface area contributed by atoms with Crippen LogP contribution in [-0.4, -0.2) is 20.4 Å². The summed E-state index contributed by atoms with van der Waals surface area (Å²) < 4.78 is 28.4. The van der Waals surface area contributed by atoms with Gasteiger partial charge in [0.1, 0.15) is 5.75 Å². The molecule has 0 saturated heterocycles. The molecule has 0 fully saturated rings. The topological polar surface area (TPSA) is 43.4 Å². The van der Waals surface area contributed by atoms with Crippen LogP contribution in [0.1, 0.15) is 6.42 Å². The smallest absolute Gasteiger partial charge is 0.168 e. The third-order valence-electron chi connectivity index (χ3n) is 1.72. The zero-order chi connectivity index (χ0) is 12.1. The Morgan fingerprint density at radius 3 is 2.19 bits per heavy atom. The van der Waals surface area contributed by atoms with Crippen LogP contribution < -0.4 is 4.74 Å². The van der Waals surface area contributed by atoms with E-state index in [4.69, 9.17) is 4.74 Å². The second-order valence-corrected chi connectivity index (χ2v) is 6.42. The van der Waals surface area contributed by atoms with E-state index in [0.29, 0.717) is 21.3 Å². The van der Waals surface area contributed by atoms with Crippen molar-refractivity contribution in [2.45, 2.75) is 11.3 Å². The number of ether oxygens (including phenoxy) is 1. The fourth-order valence-electron chi connectivity index (χ4n) is 1.02. The molecule has 0 saturated carbocycles. The van der Waals surface area contributed by atoms with Gasteiger partial charge in [-0.3, -0.25) is 0 Å². The summed E-state index contributed by atoms with van der Waals surface area (Å²) in [5, 5.41) is 0.868. The molecule has 0 bridgehead atoms. The van der Waals surface area contributed by atoms with Crippen molar-refractivity contribution in [3.63, 3.8) is 0 Å². The van der Waals surface area contributed by atoms with Crippen LogP contribution in [0.2, 0.25) is 0 Å². The van der Waals surface area contributed by atoms with Gasteiger partial charge >= 0.3 is 0 Å². The molecule has 1 rings (SSSR count). The minimum Gasteiger partial charge on any atom is -0.491 e. The Balaban J connectivity index is 2.94. The van der Waals surface area contributed by atoms with E-state index < -0.39 is 10.7 Å². The highest BCUT2D eigenvalue weighted by Gasteiger charge is 2.09. The molecular formula is C9H9Br3O3S. The number of hydrogen-bond acceptors (Lipinski definition) is 3. The summed E-state index contributed by atoms with van der Waals surface area (Å²) in [5.41, 5.74) is 0. The van der Waals surface area contributed by atoms with E-state index in [1.807, 2.05) is 0 Å². The summed E-state index contributed by atoms with van der Waals surface area (Å²) in [7, 11) is -2.58. The largest absolute Gasteiger partial charge is 0.491 e. The van der Waals surface area contributed by atoms with E-state index in [2.05, 4.69) is 47.8 Å². The summed E-state index contributed by atoms with van der Waals surface area (Å²) in [5.74, 6) is 0.626. The minimum atomic E-state index is -2.58. The molecule has 0 aliphatic carbocycles. The molecule has 0 aliphatic heterocycles. The van der Waals surface area contributed by atoms with Gasteiger partial charge in [0.2, 0.25) is 0 Å². The summed E-state index contributed by atoms with van der Waals surface area (Å²) in [6.07, 6.45) is 0.885. The van der Waals surface area contributed by atoms with Crippen LogP contribution in [0.4, 0.5) is 0 Å². The SMILES string of the molecule is O=[SH](=O)c1cc(Br)c(OCCCBr)c(Br)c1. The highest BCUT2D eigenvalue weighted by Crippen LogP contribution is 2.35. The van der Waals surface area contributed by atoms with E-state index in [1.54, 1.807) is 0 Å². The number of benzene rings is 1. The lowest BCUT2D eigenvalue weighted by molar-refractivity contribution is 0.315. The van der Waals surface area contributed by atoms with Crippen LogP contribution in [0.5, 0.6) is 5.75 Å². The Morgan fingerprint density at radius 2 is 1.75 bits per heavy atom. The van der Waals surface area contributed by atoms with Crippen molar-refractivity contribution < 1.29 is 13.2 Å². The molecule has 0 N–H and O–H groups in total. The molecule has 0 radical (unpaired) electrons. The molecule has 0 aliphatic rings. The van der Waals surface area contributed by atoms with Crippen molar-refractivity contribution in [2.75, 3.05) is 11.9 Å². The third kappa shape index (κ3) is 4.01. The van der Waals surface area contributed by atoms with E-state index in [9.17, 15) is 8.42 Å². The monoisotopic (exact) mass is 434 g/mol. The van der Waals surface area contributed by atoms with Gasteiger partial charge in [-0.15, -0.1) is 0 Å². The molecule has 0 aromatic heterocycles. The first-order valence-electron chi connectivity index (χ1n) is 4.38. The molecule has 3 nitrogen and oxygen atoms in total. The number of rotatable bonds is 5. The number of halogens is 3. The maximum Gasteiger partial charge on any atom is 0.168 e. The Kier molecular flexibility index (Phi) is 6.31. The Hall–Kier alpha value is 0.410. The molecular weight excluding hydrogens is 428 g/mol. The molecule has 7 heteroatoms. The van der Waals surface area contributed by atoms with Gasteiger partial charge in [-0.1, -0.05) is 15.9 Å². The van der Waals surface area contributed by atoms with Gasteiger partial charge in [-0.25, -0.2) is 8.42 Å². The third-order valence-corrected chi connectivity index (χ3v) is 4.14. The van der Waals surface area contributed by atoms with Gasteiger partial charge in [-0.05, 0) is 50.4 Å². The van der Waals surface area contributed by atoms with Gasteiger partial charge in [0.15, 0.2) is 10.7 Å². The Labute approximate surface area is 121 Å². The van der Waals surface area contributed by atoms with E-state index >= 15 is 0 Å². The second kappa shape index (κ2) is 6.98. The van der Waals surface area contributed by atoms with Crippen molar-refractivity contribution >= 4 is 58.5 Å². The Morgan fingerprint density at radius 1 is 1.19 bits per heavy atom. The minimum absolute atomic E-state index is 0.251. The zero-order valence-electron chi connectivity index (χ0n) is 8.08. The van der Waals surface area contributed by atoms with Gasteiger partial charge in [0, 0.05) is 5.33 Å². The van der Waals surface area contributed by atoms with Crippen molar-refractivity contribution in [3.05, 3.63) is 21.1 Å². The molecule has 1 aromatic rings. The van der Waals surface area contributed by atoms with Crippen molar-refractivity contribution in [2.24, 2.45) is 0 Å². The lowest BCUT2D eigenvalue weighted by Crippen LogP contribution is -1.99. The average molecular weight is 437 g/mol. The average Bonchev–Trinajstić information content (AvgIpc) is 2.21. The van der Waals surface area contributed by atoms with Crippen LogP contribution >= 0.6 is 47.8 Å². The number of thiol groups is 1. The lowest BCUT2D eigenvalue weighted by atomic mass is 10.3. The maximum absolute atomic E-state index is 10.8. The lowest BCUT2D eigenvalue weighted by Gasteiger charge is -2.10. The van der Waals surface area contributed by atoms with Crippen LogP contribution in [0.3, 0.4) is 0 Å². The highest BCUT2D eigenvalue weighted by molar-refractivity contribution is 9.11. The van der Waals surface area contributed by atoms with Crippen molar-refractivity contribution in [1.82, 2.24) is 0 Å². The number of hydrogen-bond donors (Lipinski definition) is 1. The summed E-state index contributed by atoms with van der Waals surface area (Å²) >= 11 is 9.88. The molecule has 16 heavy (non-hydrogen) atoms. The van der Waals surface area contributed by atoms with Crippen LogP contribution in [0, 0.1) is 0 Å². The Bertz CT molecular complexity index is 415. The first-order valence-corrected chi connectivity index (χ1v) is 8.27. The molecule has 0 heterocycles.